The van der Waals surface area contributed by atoms with Crippen LogP contribution in [0, 0.1) is 0 Å². The van der Waals surface area contributed by atoms with E-state index in [4.69, 9.17) is 0 Å². The van der Waals surface area contributed by atoms with Gasteiger partial charge < -0.3 is 0 Å². The number of rotatable bonds is 2. The molecule has 1 aromatic heterocycles. The van der Waals surface area contributed by atoms with Gasteiger partial charge in [0, 0.05) is 25.6 Å². The van der Waals surface area contributed by atoms with Gasteiger partial charge in [0.05, 0.1) is 0 Å². The van der Waals surface area contributed by atoms with Crippen LogP contribution >= 0.6 is 11.3 Å². The zero-order valence-corrected chi connectivity index (χ0v) is 29.5. The quantitative estimate of drug-likeness (QED) is 0.125. The molecule has 0 aliphatic heterocycles. The number of hydrogen-bond acceptors (Lipinski definition) is 1. The Morgan fingerprint density at radius 2 is 0.811 bits per heavy atom. The van der Waals surface area contributed by atoms with Gasteiger partial charge in [-0.25, -0.2) is 0 Å². The lowest BCUT2D eigenvalue weighted by Crippen LogP contribution is -1.92. The van der Waals surface area contributed by atoms with Crippen molar-refractivity contribution in [1.29, 1.82) is 0 Å². The molecule has 0 spiro atoms. The van der Waals surface area contributed by atoms with Gasteiger partial charge in [-0.3, -0.25) is 0 Å². The van der Waals surface area contributed by atoms with Crippen LogP contribution in [0.3, 0.4) is 0 Å². The Labute approximate surface area is 309 Å². The zero-order chi connectivity index (χ0) is 34.6. The van der Waals surface area contributed by atoms with Crippen LogP contribution in [0.2, 0.25) is 0 Å². The predicted molar refractivity (Wildman–Crippen MR) is 233 cm³/mol. The molecule has 0 saturated heterocycles. The molecule has 12 rings (SSSR count). The standard InChI is InChI=1S/C52H30S/c1-2-13-32-29-47-33(28-31(32)12-1)24-26-38-37(47)22-11-23-39(38)50-43-19-8-6-17-41(43)49(42-18-7-9-20-44(42)50)34-25-27-46-48(30-34)53-52-45-21-10-4-15-36(45)35-14-3-5-16-40(35)51(46)52/h1-30H. The number of fused-ring (bicyclic) bond motifs is 14. The summed E-state index contributed by atoms with van der Waals surface area (Å²) in [5, 5.41) is 20.8. The zero-order valence-electron chi connectivity index (χ0n) is 28.7. The van der Waals surface area contributed by atoms with Gasteiger partial charge in [0.2, 0.25) is 0 Å². The van der Waals surface area contributed by atoms with Crippen LogP contribution in [0.1, 0.15) is 0 Å². The highest BCUT2D eigenvalue weighted by Gasteiger charge is 2.20. The molecule has 0 radical (unpaired) electrons. The van der Waals surface area contributed by atoms with Crippen LogP contribution in [0.5, 0.6) is 0 Å². The molecule has 0 fully saturated rings. The van der Waals surface area contributed by atoms with Gasteiger partial charge in [-0.05, 0) is 110 Å². The molecule has 12 aromatic rings. The average Bonchev–Trinajstić information content (AvgIpc) is 3.61. The van der Waals surface area contributed by atoms with Gasteiger partial charge in [0.15, 0.2) is 0 Å². The fourth-order valence-electron chi connectivity index (χ4n) is 9.29. The van der Waals surface area contributed by atoms with E-state index in [9.17, 15) is 0 Å². The minimum absolute atomic E-state index is 1.26. The summed E-state index contributed by atoms with van der Waals surface area (Å²) in [5.74, 6) is 0. The van der Waals surface area contributed by atoms with E-state index in [0.29, 0.717) is 0 Å². The van der Waals surface area contributed by atoms with Crippen molar-refractivity contribution >= 4 is 107 Å². The molecule has 53 heavy (non-hydrogen) atoms. The first-order chi connectivity index (χ1) is 26.3. The van der Waals surface area contributed by atoms with Gasteiger partial charge in [0.25, 0.3) is 0 Å². The smallest absolute Gasteiger partial charge is 0.0440 e. The highest BCUT2D eigenvalue weighted by atomic mass is 32.1. The van der Waals surface area contributed by atoms with Crippen molar-refractivity contribution < 1.29 is 0 Å². The van der Waals surface area contributed by atoms with E-state index in [1.807, 2.05) is 11.3 Å². The molecule has 0 saturated carbocycles. The van der Waals surface area contributed by atoms with Crippen molar-refractivity contribution in [3.63, 3.8) is 0 Å². The molecule has 1 heterocycles. The van der Waals surface area contributed by atoms with E-state index in [0.717, 1.165) is 0 Å². The maximum atomic E-state index is 2.45. The van der Waals surface area contributed by atoms with E-state index in [1.54, 1.807) is 0 Å². The number of thiophene rings is 1. The maximum Gasteiger partial charge on any atom is 0.0440 e. The molecule has 0 N–H and O–H groups in total. The lowest BCUT2D eigenvalue weighted by atomic mass is 9.84. The van der Waals surface area contributed by atoms with Crippen LogP contribution in [0.15, 0.2) is 182 Å². The first-order valence-electron chi connectivity index (χ1n) is 18.3. The van der Waals surface area contributed by atoms with Gasteiger partial charge in [-0.1, -0.05) is 164 Å². The van der Waals surface area contributed by atoms with Crippen LogP contribution in [-0.2, 0) is 0 Å². The van der Waals surface area contributed by atoms with E-state index in [1.165, 1.54) is 118 Å². The highest BCUT2D eigenvalue weighted by Crippen LogP contribution is 2.49. The molecule has 0 nitrogen and oxygen atoms in total. The van der Waals surface area contributed by atoms with Gasteiger partial charge >= 0.3 is 0 Å². The second kappa shape index (κ2) is 11.0. The Hall–Kier alpha value is -6.54. The minimum Gasteiger partial charge on any atom is -0.134 e. The SMILES string of the molecule is c1ccc2cc3c(ccc4c(-c5c6ccccc6c(-c6ccc7c(c6)sc6c8ccccc8c8ccccc8c76)c6ccccc56)cccc43)cc2c1. The molecule has 0 aliphatic carbocycles. The van der Waals surface area contributed by atoms with E-state index >= 15 is 0 Å². The largest absolute Gasteiger partial charge is 0.134 e. The normalized spacial score (nSPS) is 12.2. The second-order valence-corrected chi connectivity index (χ2v) is 15.4. The monoisotopic (exact) mass is 686 g/mol. The second-order valence-electron chi connectivity index (χ2n) is 14.3. The Morgan fingerprint density at radius 1 is 0.283 bits per heavy atom. The predicted octanol–water partition coefficient (Wildman–Crippen LogP) is 15.5. The molecule has 1 heteroatoms. The number of hydrogen-bond donors (Lipinski definition) is 0. The topological polar surface area (TPSA) is 0 Å². The van der Waals surface area contributed by atoms with Crippen LogP contribution in [-0.4, -0.2) is 0 Å². The highest BCUT2D eigenvalue weighted by molar-refractivity contribution is 7.27. The third-order valence-corrected chi connectivity index (χ3v) is 12.8. The van der Waals surface area contributed by atoms with Crippen LogP contribution in [0.25, 0.3) is 118 Å². The van der Waals surface area contributed by atoms with E-state index in [2.05, 4.69) is 182 Å². The average molecular weight is 687 g/mol. The van der Waals surface area contributed by atoms with Crippen molar-refractivity contribution in [2.24, 2.45) is 0 Å². The molecule has 11 aromatic carbocycles. The summed E-state index contributed by atoms with van der Waals surface area (Å²) in [5.41, 5.74) is 5.13. The number of benzene rings is 11. The molecule has 0 bridgehead atoms. The summed E-state index contributed by atoms with van der Waals surface area (Å²) in [4.78, 5) is 0. The maximum absolute atomic E-state index is 2.45. The van der Waals surface area contributed by atoms with Gasteiger partial charge in [-0.2, -0.15) is 0 Å². The van der Waals surface area contributed by atoms with Crippen molar-refractivity contribution in [1.82, 2.24) is 0 Å². The summed E-state index contributed by atoms with van der Waals surface area (Å²) in [7, 11) is 0. The molecule has 0 amide bonds. The summed E-state index contributed by atoms with van der Waals surface area (Å²) < 4.78 is 2.69. The Bertz CT molecular complexity index is 3450. The van der Waals surface area contributed by atoms with Crippen molar-refractivity contribution in [3.8, 4) is 22.3 Å². The molecular weight excluding hydrogens is 657 g/mol. The summed E-state index contributed by atoms with van der Waals surface area (Å²) >= 11 is 1.93. The van der Waals surface area contributed by atoms with Gasteiger partial charge in [0.1, 0.15) is 0 Å². The first-order valence-corrected chi connectivity index (χ1v) is 19.2. The summed E-state index contributed by atoms with van der Waals surface area (Å²) in [6.45, 7) is 0. The fraction of sp³-hybridized carbons (Fsp3) is 0. The van der Waals surface area contributed by atoms with E-state index < -0.39 is 0 Å². The minimum atomic E-state index is 1.26. The summed E-state index contributed by atoms with van der Waals surface area (Å²) in [6, 6.07) is 67.9. The lowest BCUT2D eigenvalue weighted by molar-refractivity contribution is 1.70. The van der Waals surface area contributed by atoms with Gasteiger partial charge in [-0.15, -0.1) is 11.3 Å². The third-order valence-electron chi connectivity index (χ3n) is 11.6. The first kappa shape index (κ1) is 29.1. The third kappa shape index (κ3) is 4.11. The van der Waals surface area contributed by atoms with Crippen molar-refractivity contribution in [2.45, 2.75) is 0 Å². The fourth-order valence-corrected chi connectivity index (χ4v) is 10.6. The summed E-state index contributed by atoms with van der Waals surface area (Å²) in [6.07, 6.45) is 0. The molecular formula is C52H30S. The van der Waals surface area contributed by atoms with Crippen LogP contribution < -0.4 is 0 Å². The molecule has 0 unspecified atom stereocenters. The van der Waals surface area contributed by atoms with E-state index in [-0.39, 0.29) is 0 Å². The molecule has 244 valence electrons. The Kier molecular flexibility index (Phi) is 6.03. The molecule has 0 atom stereocenters. The lowest BCUT2D eigenvalue weighted by Gasteiger charge is -2.19. The Morgan fingerprint density at radius 3 is 1.53 bits per heavy atom. The van der Waals surface area contributed by atoms with Crippen LogP contribution in [0.4, 0.5) is 0 Å². The molecule has 0 aliphatic rings. The Balaban J connectivity index is 1.14. The van der Waals surface area contributed by atoms with Crippen molar-refractivity contribution in [3.05, 3.63) is 182 Å². The van der Waals surface area contributed by atoms with Crippen molar-refractivity contribution in [2.75, 3.05) is 0 Å².